The molecule has 1 fully saturated rings. The molecule has 0 bridgehead atoms. The van der Waals surface area contributed by atoms with Crippen LogP contribution in [0, 0.1) is 0 Å². The molecular formula is C22H28ClN3O. The predicted molar refractivity (Wildman–Crippen MR) is 112 cm³/mol. The van der Waals surface area contributed by atoms with E-state index in [-0.39, 0.29) is 5.91 Å². The Labute approximate surface area is 167 Å². The minimum absolute atomic E-state index is 0.0641. The summed E-state index contributed by atoms with van der Waals surface area (Å²) in [7, 11) is 0. The van der Waals surface area contributed by atoms with Crippen molar-refractivity contribution in [2.75, 3.05) is 38.0 Å². The summed E-state index contributed by atoms with van der Waals surface area (Å²) in [6.45, 7) is 9.42. The second kappa shape index (κ2) is 9.36. The topological polar surface area (TPSA) is 35.6 Å². The minimum atomic E-state index is 0.0641. The minimum Gasteiger partial charge on any atom is -0.325 e. The number of nitrogens with zero attached hydrogens (tertiary/aromatic N) is 2. The number of amides is 1. The van der Waals surface area contributed by atoms with Crippen LogP contribution in [0.15, 0.2) is 48.5 Å². The van der Waals surface area contributed by atoms with Crippen LogP contribution in [0.3, 0.4) is 0 Å². The first kappa shape index (κ1) is 19.9. The summed E-state index contributed by atoms with van der Waals surface area (Å²) in [4.78, 5) is 17.1. The van der Waals surface area contributed by atoms with Gasteiger partial charge in [0.15, 0.2) is 0 Å². The maximum atomic E-state index is 12.5. The molecule has 27 heavy (non-hydrogen) atoms. The van der Waals surface area contributed by atoms with Crippen LogP contribution < -0.4 is 5.32 Å². The third-order valence-electron chi connectivity index (χ3n) is 5.01. The predicted octanol–water partition coefficient (Wildman–Crippen LogP) is 4.22. The van der Waals surface area contributed by atoms with Crippen LogP contribution in [0.5, 0.6) is 0 Å². The molecule has 0 saturated carbocycles. The van der Waals surface area contributed by atoms with Crippen LogP contribution in [0.2, 0.25) is 5.02 Å². The summed E-state index contributed by atoms with van der Waals surface area (Å²) >= 11 is 5.95. The molecule has 144 valence electrons. The summed E-state index contributed by atoms with van der Waals surface area (Å²) in [5.74, 6) is 0.451. The van der Waals surface area contributed by atoms with Gasteiger partial charge in [-0.3, -0.25) is 14.6 Å². The normalized spacial score (nSPS) is 15.9. The van der Waals surface area contributed by atoms with Crippen molar-refractivity contribution in [3.63, 3.8) is 0 Å². The summed E-state index contributed by atoms with van der Waals surface area (Å²) in [6, 6.07) is 16.1. The number of carbonyl (C=O) groups excluding carboxylic acids is 1. The fourth-order valence-corrected chi connectivity index (χ4v) is 3.59. The molecule has 1 N–H and O–H groups in total. The lowest BCUT2D eigenvalue weighted by Gasteiger charge is -2.34. The van der Waals surface area contributed by atoms with Crippen LogP contribution in [0.4, 0.5) is 5.69 Å². The zero-order valence-electron chi connectivity index (χ0n) is 16.1. The van der Waals surface area contributed by atoms with Gasteiger partial charge in [0.2, 0.25) is 5.91 Å². The number of benzene rings is 2. The van der Waals surface area contributed by atoms with Crippen LogP contribution in [-0.2, 0) is 11.3 Å². The molecule has 0 aromatic heterocycles. The molecular weight excluding hydrogens is 358 g/mol. The molecule has 1 heterocycles. The van der Waals surface area contributed by atoms with Crippen LogP contribution in [0.1, 0.15) is 30.9 Å². The van der Waals surface area contributed by atoms with Crippen molar-refractivity contribution in [2.24, 2.45) is 0 Å². The third kappa shape index (κ3) is 5.80. The highest BCUT2D eigenvalue weighted by Crippen LogP contribution is 2.23. The Morgan fingerprint density at radius 3 is 2.30 bits per heavy atom. The van der Waals surface area contributed by atoms with Crippen molar-refractivity contribution < 1.29 is 4.79 Å². The van der Waals surface area contributed by atoms with Crippen molar-refractivity contribution in [1.82, 2.24) is 9.80 Å². The third-order valence-corrected chi connectivity index (χ3v) is 5.26. The standard InChI is InChI=1S/C22H28ClN3O/c1-17(2)20-5-3-4-6-21(20)24-22(27)16-26-13-11-25(12-14-26)15-18-7-9-19(23)10-8-18/h3-10,17H,11-16H2,1-2H3,(H,24,27). The van der Waals surface area contributed by atoms with Gasteiger partial charge in [-0.2, -0.15) is 0 Å². The average molecular weight is 386 g/mol. The second-order valence-electron chi connectivity index (χ2n) is 7.47. The van der Waals surface area contributed by atoms with Gasteiger partial charge in [0.05, 0.1) is 6.54 Å². The van der Waals surface area contributed by atoms with Crippen LogP contribution in [0.25, 0.3) is 0 Å². The molecule has 1 aliphatic rings. The van der Waals surface area contributed by atoms with E-state index in [1.165, 1.54) is 11.1 Å². The number of anilines is 1. The first-order valence-corrected chi connectivity index (χ1v) is 9.97. The number of rotatable bonds is 6. The highest BCUT2D eigenvalue weighted by atomic mass is 35.5. The zero-order chi connectivity index (χ0) is 19.2. The van der Waals surface area contributed by atoms with Gasteiger partial charge in [0.25, 0.3) is 0 Å². The Bertz CT molecular complexity index is 752. The van der Waals surface area contributed by atoms with Crippen molar-refractivity contribution in [3.05, 3.63) is 64.7 Å². The number of hydrogen-bond donors (Lipinski definition) is 1. The number of para-hydroxylation sites is 1. The van der Waals surface area contributed by atoms with Gasteiger partial charge >= 0.3 is 0 Å². The van der Waals surface area contributed by atoms with Gasteiger partial charge in [0, 0.05) is 43.4 Å². The molecule has 3 rings (SSSR count). The molecule has 0 aliphatic carbocycles. The van der Waals surface area contributed by atoms with Crippen LogP contribution in [-0.4, -0.2) is 48.4 Å². The van der Waals surface area contributed by atoms with E-state index in [9.17, 15) is 4.79 Å². The van der Waals surface area contributed by atoms with Crippen molar-refractivity contribution in [3.8, 4) is 0 Å². The van der Waals surface area contributed by atoms with Gasteiger partial charge < -0.3 is 5.32 Å². The highest BCUT2D eigenvalue weighted by molar-refractivity contribution is 6.30. The van der Waals surface area contributed by atoms with Crippen molar-refractivity contribution in [2.45, 2.75) is 26.3 Å². The average Bonchev–Trinajstić information content (AvgIpc) is 2.65. The lowest BCUT2D eigenvalue weighted by Crippen LogP contribution is -2.48. The molecule has 0 radical (unpaired) electrons. The fourth-order valence-electron chi connectivity index (χ4n) is 3.46. The number of piperazine rings is 1. The van der Waals surface area contributed by atoms with E-state index >= 15 is 0 Å². The summed E-state index contributed by atoms with van der Waals surface area (Å²) in [5.41, 5.74) is 3.38. The molecule has 2 aromatic rings. The smallest absolute Gasteiger partial charge is 0.238 e. The number of carbonyl (C=O) groups is 1. The first-order chi connectivity index (χ1) is 13.0. The Morgan fingerprint density at radius 1 is 1.00 bits per heavy atom. The summed E-state index contributed by atoms with van der Waals surface area (Å²) in [5, 5.41) is 3.86. The highest BCUT2D eigenvalue weighted by Gasteiger charge is 2.19. The Morgan fingerprint density at radius 2 is 1.63 bits per heavy atom. The van der Waals surface area contributed by atoms with E-state index in [0.29, 0.717) is 12.5 Å². The molecule has 1 saturated heterocycles. The Balaban J connectivity index is 1.46. The summed E-state index contributed by atoms with van der Waals surface area (Å²) < 4.78 is 0. The number of hydrogen-bond acceptors (Lipinski definition) is 3. The molecule has 2 aromatic carbocycles. The zero-order valence-corrected chi connectivity index (χ0v) is 16.9. The maximum absolute atomic E-state index is 12.5. The van der Waals surface area contributed by atoms with E-state index in [1.807, 2.05) is 30.3 Å². The molecule has 0 spiro atoms. The molecule has 1 amide bonds. The van der Waals surface area contributed by atoms with Crippen molar-refractivity contribution >= 4 is 23.2 Å². The van der Waals surface area contributed by atoms with Crippen molar-refractivity contribution in [1.29, 1.82) is 0 Å². The monoisotopic (exact) mass is 385 g/mol. The van der Waals surface area contributed by atoms with E-state index in [0.717, 1.165) is 43.4 Å². The molecule has 0 unspecified atom stereocenters. The Hall–Kier alpha value is -1.88. The molecule has 1 aliphatic heterocycles. The molecule has 5 heteroatoms. The molecule has 0 atom stereocenters. The quantitative estimate of drug-likeness (QED) is 0.808. The van der Waals surface area contributed by atoms with Gasteiger partial charge in [-0.25, -0.2) is 0 Å². The summed E-state index contributed by atoms with van der Waals surface area (Å²) in [6.07, 6.45) is 0. The fraction of sp³-hybridized carbons (Fsp3) is 0.409. The molecule has 4 nitrogen and oxygen atoms in total. The van der Waals surface area contributed by atoms with E-state index in [2.05, 4.69) is 47.2 Å². The maximum Gasteiger partial charge on any atom is 0.238 e. The van der Waals surface area contributed by atoms with Gasteiger partial charge in [-0.05, 0) is 35.2 Å². The SMILES string of the molecule is CC(C)c1ccccc1NC(=O)CN1CCN(Cc2ccc(Cl)cc2)CC1. The lowest BCUT2D eigenvalue weighted by atomic mass is 10.0. The number of halogens is 1. The van der Waals surface area contributed by atoms with Gasteiger partial charge in [0.1, 0.15) is 0 Å². The Kier molecular flexibility index (Phi) is 6.89. The van der Waals surface area contributed by atoms with Gasteiger partial charge in [-0.15, -0.1) is 0 Å². The second-order valence-corrected chi connectivity index (χ2v) is 7.91. The first-order valence-electron chi connectivity index (χ1n) is 9.59. The van der Waals surface area contributed by atoms with Gasteiger partial charge in [-0.1, -0.05) is 55.8 Å². The lowest BCUT2D eigenvalue weighted by molar-refractivity contribution is -0.117. The van der Waals surface area contributed by atoms with E-state index in [1.54, 1.807) is 0 Å². The van der Waals surface area contributed by atoms with E-state index in [4.69, 9.17) is 11.6 Å². The van der Waals surface area contributed by atoms with E-state index < -0.39 is 0 Å². The van der Waals surface area contributed by atoms with Crippen LogP contribution >= 0.6 is 11.6 Å². The largest absolute Gasteiger partial charge is 0.325 e. The number of nitrogens with one attached hydrogen (secondary N) is 1.